The van der Waals surface area contributed by atoms with Gasteiger partial charge in [0.2, 0.25) is 0 Å². The molecule has 0 unspecified atom stereocenters. The lowest BCUT2D eigenvalue weighted by atomic mass is 9.82. The zero-order valence-electron chi connectivity index (χ0n) is 10.0. The van der Waals surface area contributed by atoms with E-state index in [1.807, 2.05) is 5.38 Å². The van der Waals surface area contributed by atoms with Crippen LogP contribution in [0.2, 0.25) is 0 Å². The molecule has 0 aromatic carbocycles. The van der Waals surface area contributed by atoms with Crippen LogP contribution >= 0.6 is 11.5 Å². The zero-order chi connectivity index (χ0) is 11.3. The van der Waals surface area contributed by atoms with E-state index < -0.39 is 0 Å². The Labute approximate surface area is 102 Å². The second-order valence-corrected chi connectivity index (χ2v) is 5.83. The van der Waals surface area contributed by atoms with Gasteiger partial charge in [0.25, 0.3) is 0 Å². The van der Waals surface area contributed by atoms with Crippen molar-refractivity contribution in [3.63, 3.8) is 0 Å². The maximum absolute atomic E-state index is 4.05. The van der Waals surface area contributed by atoms with Gasteiger partial charge in [-0.2, -0.15) is 0 Å². The SMILES string of the molecule is CC1(CNCc2csnn2)CCCCCC1. The van der Waals surface area contributed by atoms with Gasteiger partial charge in [0, 0.05) is 18.5 Å². The molecule has 1 aliphatic rings. The van der Waals surface area contributed by atoms with Gasteiger partial charge in [-0.3, -0.25) is 0 Å². The summed E-state index contributed by atoms with van der Waals surface area (Å²) in [4.78, 5) is 0. The molecule has 1 fully saturated rings. The molecule has 1 N–H and O–H groups in total. The molecule has 16 heavy (non-hydrogen) atoms. The van der Waals surface area contributed by atoms with Crippen molar-refractivity contribution in [2.24, 2.45) is 5.41 Å². The Balaban J connectivity index is 1.75. The first-order valence-corrected chi connectivity index (χ1v) is 7.09. The van der Waals surface area contributed by atoms with Crippen LogP contribution in [0.3, 0.4) is 0 Å². The first-order chi connectivity index (χ1) is 7.79. The fraction of sp³-hybridized carbons (Fsp3) is 0.833. The fourth-order valence-electron chi connectivity index (χ4n) is 2.51. The van der Waals surface area contributed by atoms with E-state index in [1.165, 1.54) is 50.1 Å². The number of hydrogen-bond donors (Lipinski definition) is 1. The normalized spacial score (nSPS) is 20.6. The molecule has 0 amide bonds. The summed E-state index contributed by atoms with van der Waals surface area (Å²) in [5.41, 5.74) is 1.57. The lowest BCUT2D eigenvalue weighted by Gasteiger charge is -2.28. The Bertz CT molecular complexity index is 289. The molecule has 90 valence electrons. The van der Waals surface area contributed by atoms with Crippen LogP contribution in [0.4, 0.5) is 0 Å². The highest BCUT2D eigenvalue weighted by atomic mass is 32.1. The molecule has 1 saturated carbocycles. The molecule has 1 aliphatic carbocycles. The van der Waals surface area contributed by atoms with Crippen molar-refractivity contribution in [1.82, 2.24) is 14.9 Å². The minimum Gasteiger partial charge on any atom is -0.311 e. The molecular formula is C12H21N3S. The van der Waals surface area contributed by atoms with Gasteiger partial charge in [-0.15, -0.1) is 5.10 Å². The molecular weight excluding hydrogens is 218 g/mol. The molecule has 0 aliphatic heterocycles. The standard InChI is InChI=1S/C12H21N3S/c1-12(6-4-2-3-5-7-12)10-13-8-11-9-16-15-14-11/h9,13H,2-8,10H2,1H3. The fourth-order valence-corrected chi connectivity index (χ4v) is 2.96. The molecule has 0 radical (unpaired) electrons. The van der Waals surface area contributed by atoms with Crippen LogP contribution in [0.25, 0.3) is 0 Å². The van der Waals surface area contributed by atoms with Gasteiger partial charge in [-0.05, 0) is 29.8 Å². The first-order valence-electron chi connectivity index (χ1n) is 6.25. The Morgan fingerprint density at radius 2 is 2.06 bits per heavy atom. The second kappa shape index (κ2) is 5.73. The summed E-state index contributed by atoms with van der Waals surface area (Å²) in [5, 5.41) is 9.59. The molecule has 0 atom stereocenters. The summed E-state index contributed by atoms with van der Waals surface area (Å²) in [6.45, 7) is 4.40. The third kappa shape index (κ3) is 3.52. The first kappa shape index (κ1) is 12.0. The van der Waals surface area contributed by atoms with Crippen molar-refractivity contribution in [1.29, 1.82) is 0 Å². The van der Waals surface area contributed by atoms with Gasteiger partial charge in [-0.25, -0.2) is 0 Å². The Morgan fingerprint density at radius 3 is 2.69 bits per heavy atom. The summed E-state index contributed by atoms with van der Waals surface area (Å²) in [7, 11) is 0. The van der Waals surface area contributed by atoms with E-state index in [4.69, 9.17) is 0 Å². The minimum atomic E-state index is 0.500. The molecule has 1 aromatic rings. The third-order valence-electron chi connectivity index (χ3n) is 3.57. The number of rotatable bonds is 4. The summed E-state index contributed by atoms with van der Waals surface area (Å²) < 4.78 is 3.87. The predicted molar refractivity (Wildman–Crippen MR) is 67.4 cm³/mol. The molecule has 2 rings (SSSR count). The van der Waals surface area contributed by atoms with Crippen molar-refractivity contribution in [3.05, 3.63) is 11.1 Å². The number of aromatic nitrogens is 2. The van der Waals surface area contributed by atoms with E-state index >= 15 is 0 Å². The quantitative estimate of drug-likeness (QED) is 0.821. The second-order valence-electron chi connectivity index (χ2n) is 5.22. The summed E-state index contributed by atoms with van der Waals surface area (Å²) in [6, 6.07) is 0. The topological polar surface area (TPSA) is 37.8 Å². The average molecular weight is 239 g/mol. The summed E-state index contributed by atoms with van der Waals surface area (Å²) in [5.74, 6) is 0. The monoisotopic (exact) mass is 239 g/mol. The minimum absolute atomic E-state index is 0.500. The van der Waals surface area contributed by atoms with Crippen LogP contribution in [0, 0.1) is 5.41 Å². The van der Waals surface area contributed by atoms with Crippen molar-refractivity contribution >= 4 is 11.5 Å². The van der Waals surface area contributed by atoms with Crippen molar-refractivity contribution < 1.29 is 0 Å². The van der Waals surface area contributed by atoms with Crippen LogP contribution in [0.5, 0.6) is 0 Å². The zero-order valence-corrected chi connectivity index (χ0v) is 10.9. The molecule has 0 bridgehead atoms. The molecule has 0 spiro atoms. The van der Waals surface area contributed by atoms with Gasteiger partial charge in [-0.1, -0.05) is 37.1 Å². The van der Waals surface area contributed by atoms with E-state index in [0.717, 1.165) is 18.8 Å². The van der Waals surface area contributed by atoms with Gasteiger partial charge in [0.05, 0.1) is 5.69 Å². The van der Waals surface area contributed by atoms with E-state index in [1.54, 1.807) is 0 Å². The molecule has 3 nitrogen and oxygen atoms in total. The number of hydrogen-bond acceptors (Lipinski definition) is 4. The van der Waals surface area contributed by atoms with E-state index in [0.29, 0.717) is 5.41 Å². The average Bonchev–Trinajstić information content (AvgIpc) is 2.68. The maximum Gasteiger partial charge on any atom is 0.0893 e. The van der Waals surface area contributed by atoms with E-state index in [9.17, 15) is 0 Å². The summed E-state index contributed by atoms with van der Waals surface area (Å²) >= 11 is 1.43. The summed E-state index contributed by atoms with van der Waals surface area (Å²) in [6.07, 6.45) is 8.38. The maximum atomic E-state index is 4.05. The van der Waals surface area contributed by atoms with Crippen molar-refractivity contribution in [2.45, 2.75) is 52.0 Å². The highest BCUT2D eigenvalue weighted by Crippen LogP contribution is 2.33. The van der Waals surface area contributed by atoms with Crippen LogP contribution in [0.15, 0.2) is 5.38 Å². The van der Waals surface area contributed by atoms with E-state index in [-0.39, 0.29) is 0 Å². The molecule has 4 heteroatoms. The highest BCUT2D eigenvalue weighted by Gasteiger charge is 2.24. The van der Waals surface area contributed by atoms with Gasteiger partial charge < -0.3 is 5.32 Å². The number of nitrogens with zero attached hydrogens (tertiary/aromatic N) is 2. The Hall–Kier alpha value is -0.480. The molecule has 0 saturated heterocycles. The van der Waals surface area contributed by atoms with E-state index in [2.05, 4.69) is 21.8 Å². The molecule has 1 heterocycles. The Kier molecular flexibility index (Phi) is 4.29. The van der Waals surface area contributed by atoms with Crippen molar-refractivity contribution in [2.75, 3.05) is 6.54 Å². The van der Waals surface area contributed by atoms with Crippen LogP contribution in [-0.2, 0) is 6.54 Å². The lowest BCUT2D eigenvalue weighted by Crippen LogP contribution is -2.31. The third-order valence-corrected chi connectivity index (χ3v) is 4.13. The van der Waals surface area contributed by atoms with Gasteiger partial charge >= 0.3 is 0 Å². The van der Waals surface area contributed by atoms with Crippen LogP contribution in [0.1, 0.15) is 51.1 Å². The smallest absolute Gasteiger partial charge is 0.0893 e. The predicted octanol–water partition coefficient (Wildman–Crippen LogP) is 2.99. The highest BCUT2D eigenvalue weighted by molar-refractivity contribution is 7.03. The number of nitrogens with one attached hydrogen (secondary N) is 1. The van der Waals surface area contributed by atoms with Crippen LogP contribution in [-0.4, -0.2) is 16.1 Å². The van der Waals surface area contributed by atoms with Crippen LogP contribution < -0.4 is 5.32 Å². The van der Waals surface area contributed by atoms with Gasteiger partial charge in [0.15, 0.2) is 0 Å². The molecule has 1 aromatic heterocycles. The largest absolute Gasteiger partial charge is 0.311 e. The van der Waals surface area contributed by atoms with Crippen molar-refractivity contribution in [3.8, 4) is 0 Å². The lowest BCUT2D eigenvalue weighted by molar-refractivity contribution is 0.262. The Morgan fingerprint density at radius 1 is 1.31 bits per heavy atom. The van der Waals surface area contributed by atoms with Gasteiger partial charge in [0.1, 0.15) is 0 Å².